The summed E-state index contributed by atoms with van der Waals surface area (Å²) in [7, 11) is 4.08. The number of benzene rings is 2. The Labute approximate surface area is 151 Å². The van der Waals surface area contributed by atoms with Crippen molar-refractivity contribution < 1.29 is 9.69 Å². The standard InChI is InChI=1S/C21H29N3O/c1-5-17-7-11-19(12-8-17)22-21(25)16-24(6-2)15-18-9-13-20(14-10-18)23(3)4/h7-14H,5-6,15-16H2,1-4H3,(H,22,25)/p+1. The molecular formula is C21H30N3O+. The van der Waals surface area contributed by atoms with Gasteiger partial charge in [0.05, 0.1) is 6.54 Å². The van der Waals surface area contributed by atoms with Gasteiger partial charge in [0, 0.05) is 31.0 Å². The highest BCUT2D eigenvalue weighted by Gasteiger charge is 2.13. The summed E-state index contributed by atoms with van der Waals surface area (Å²) < 4.78 is 0. The maximum atomic E-state index is 12.3. The number of rotatable bonds is 8. The van der Waals surface area contributed by atoms with Crippen LogP contribution in [0.15, 0.2) is 48.5 Å². The lowest BCUT2D eigenvalue weighted by Crippen LogP contribution is -3.11. The molecule has 0 fully saturated rings. The topological polar surface area (TPSA) is 36.8 Å². The van der Waals surface area contributed by atoms with Crippen molar-refractivity contribution in [1.29, 1.82) is 0 Å². The molecule has 0 aliphatic rings. The first-order valence-electron chi connectivity index (χ1n) is 9.00. The van der Waals surface area contributed by atoms with Gasteiger partial charge in [-0.25, -0.2) is 0 Å². The summed E-state index contributed by atoms with van der Waals surface area (Å²) in [6, 6.07) is 16.6. The minimum absolute atomic E-state index is 0.0611. The fourth-order valence-corrected chi connectivity index (χ4v) is 2.77. The van der Waals surface area contributed by atoms with Crippen molar-refractivity contribution >= 4 is 17.3 Å². The van der Waals surface area contributed by atoms with Crippen molar-refractivity contribution in [3.63, 3.8) is 0 Å². The van der Waals surface area contributed by atoms with Crippen LogP contribution in [-0.2, 0) is 17.8 Å². The molecule has 0 aliphatic heterocycles. The lowest BCUT2D eigenvalue weighted by Gasteiger charge is -2.18. The normalized spacial score (nSPS) is 11.8. The molecule has 0 radical (unpaired) electrons. The first-order valence-corrected chi connectivity index (χ1v) is 9.00. The van der Waals surface area contributed by atoms with Gasteiger partial charge in [-0.2, -0.15) is 0 Å². The molecule has 1 amide bonds. The maximum absolute atomic E-state index is 12.3. The second-order valence-electron chi connectivity index (χ2n) is 6.62. The van der Waals surface area contributed by atoms with Crippen LogP contribution in [0.5, 0.6) is 0 Å². The van der Waals surface area contributed by atoms with E-state index in [4.69, 9.17) is 0 Å². The summed E-state index contributed by atoms with van der Waals surface area (Å²) >= 11 is 0. The van der Waals surface area contributed by atoms with E-state index in [0.29, 0.717) is 6.54 Å². The van der Waals surface area contributed by atoms with Gasteiger partial charge < -0.3 is 15.1 Å². The van der Waals surface area contributed by atoms with E-state index in [9.17, 15) is 4.79 Å². The van der Waals surface area contributed by atoms with Crippen molar-refractivity contribution in [2.45, 2.75) is 26.8 Å². The van der Waals surface area contributed by atoms with Gasteiger partial charge in [0.25, 0.3) is 5.91 Å². The lowest BCUT2D eigenvalue weighted by atomic mass is 10.1. The van der Waals surface area contributed by atoms with Gasteiger partial charge in [-0.3, -0.25) is 4.79 Å². The van der Waals surface area contributed by atoms with Crippen LogP contribution in [-0.4, -0.2) is 33.1 Å². The number of quaternary nitrogens is 1. The monoisotopic (exact) mass is 340 g/mol. The second kappa shape index (κ2) is 9.23. The number of likely N-dealkylation sites (N-methyl/N-ethyl adjacent to an activating group) is 1. The average Bonchev–Trinajstić information content (AvgIpc) is 2.62. The number of nitrogens with zero attached hydrogens (tertiary/aromatic N) is 1. The third-order valence-corrected chi connectivity index (χ3v) is 4.46. The van der Waals surface area contributed by atoms with E-state index in [-0.39, 0.29) is 5.91 Å². The van der Waals surface area contributed by atoms with E-state index in [1.807, 2.05) is 26.2 Å². The Bertz CT molecular complexity index is 663. The Morgan fingerprint density at radius 1 is 0.960 bits per heavy atom. The van der Waals surface area contributed by atoms with Gasteiger partial charge in [0.2, 0.25) is 0 Å². The quantitative estimate of drug-likeness (QED) is 0.774. The van der Waals surface area contributed by atoms with Crippen LogP contribution in [0.1, 0.15) is 25.0 Å². The van der Waals surface area contributed by atoms with E-state index in [0.717, 1.165) is 25.2 Å². The summed E-state index contributed by atoms with van der Waals surface area (Å²) in [5, 5.41) is 3.00. The van der Waals surface area contributed by atoms with Crippen molar-refractivity contribution in [3.8, 4) is 0 Å². The van der Waals surface area contributed by atoms with E-state index in [2.05, 4.69) is 60.5 Å². The Balaban J connectivity index is 1.90. The molecule has 0 saturated heterocycles. The minimum atomic E-state index is 0.0611. The van der Waals surface area contributed by atoms with Crippen LogP contribution in [0, 0.1) is 0 Å². The number of nitrogens with one attached hydrogen (secondary N) is 2. The number of hydrogen-bond donors (Lipinski definition) is 2. The molecule has 0 aliphatic carbocycles. The molecule has 2 aromatic rings. The van der Waals surface area contributed by atoms with E-state index < -0.39 is 0 Å². The SMILES string of the molecule is CCc1ccc(NC(=O)C[NH+](CC)Cc2ccc(N(C)C)cc2)cc1. The molecule has 2 aromatic carbocycles. The van der Waals surface area contributed by atoms with Crippen LogP contribution < -0.4 is 15.1 Å². The zero-order valence-corrected chi connectivity index (χ0v) is 15.8. The number of anilines is 2. The second-order valence-corrected chi connectivity index (χ2v) is 6.62. The summed E-state index contributed by atoms with van der Waals surface area (Å²) in [6.07, 6.45) is 1.01. The number of amides is 1. The third kappa shape index (κ3) is 5.91. The van der Waals surface area contributed by atoms with Gasteiger partial charge in [-0.05, 0) is 43.2 Å². The third-order valence-electron chi connectivity index (χ3n) is 4.46. The first kappa shape index (κ1) is 19.0. The van der Waals surface area contributed by atoms with Gasteiger partial charge in [-0.15, -0.1) is 0 Å². The van der Waals surface area contributed by atoms with Gasteiger partial charge in [0.1, 0.15) is 6.54 Å². The number of carbonyl (C=O) groups is 1. The van der Waals surface area contributed by atoms with Crippen LogP contribution in [0.2, 0.25) is 0 Å². The molecule has 0 heterocycles. The Kier molecular flexibility index (Phi) is 7.02. The number of hydrogen-bond acceptors (Lipinski definition) is 2. The van der Waals surface area contributed by atoms with E-state index in [1.54, 1.807) is 0 Å². The molecule has 25 heavy (non-hydrogen) atoms. The summed E-state index contributed by atoms with van der Waals surface area (Å²) in [6.45, 7) is 6.49. The molecule has 4 nitrogen and oxygen atoms in total. The zero-order chi connectivity index (χ0) is 18.2. The molecule has 1 atom stereocenters. The summed E-state index contributed by atoms with van der Waals surface area (Å²) in [4.78, 5) is 15.7. The highest BCUT2D eigenvalue weighted by atomic mass is 16.2. The predicted molar refractivity (Wildman–Crippen MR) is 105 cm³/mol. The smallest absolute Gasteiger partial charge is 0.279 e. The number of carbonyl (C=O) groups excluding carboxylic acids is 1. The molecule has 0 bridgehead atoms. The molecule has 0 saturated carbocycles. The van der Waals surface area contributed by atoms with Gasteiger partial charge in [0.15, 0.2) is 6.54 Å². The number of aryl methyl sites for hydroxylation is 1. The highest BCUT2D eigenvalue weighted by Crippen LogP contribution is 2.11. The Morgan fingerprint density at radius 2 is 1.56 bits per heavy atom. The van der Waals surface area contributed by atoms with Crippen LogP contribution in [0.4, 0.5) is 11.4 Å². The fraction of sp³-hybridized carbons (Fsp3) is 0.381. The van der Waals surface area contributed by atoms with Crippen molar-refractivity contribution in [2.75, 3.05) is 37.4 Å². The van der Waals surface area contributed by atoms with Crippen molar-refractivity contribution in [3.05, 3.63) is 59.7 Å². The maximum Gasteiger partial charge on any atom is 0.279 e. The molecule has 2 N–H and O–H groups in total. The lowest BCUT2D eigenvalue weighted by molar-refractivity contribution is -0.903. The molecule has 2 rings (SSSR count). The predicted octanol–water partition coefficient (Wildman–Crippen LogP) is 2.36. The zero-order valence-electron chi connectivity index (χ0n) is 15.8. The van der Waals surface area contributed by atoms with Gasteiger partial charge in [-0.1, -0.05) is 31.2 Å². The Hall–Kier alpha value is -2.33. The molecule has 1 unspecified atom stereocenters. The molecule has 134 valence electrons. The van der Waals surface area contributed by atoms with E-state index in [1.165, 1.54) is 21.7 Å². The van der Waals surface area contributed by atoms with Crippen LogP contribution >= 0.6 is 0 Å². The molecule has 0 spiro atoms. The summed E-state index contributed by atoms with van der Waals surface area (Å²) in [5.41, 5.74) is 4.59. The summed E-state index contributed by atoms with van der Waals surface area (Å²) in [5.74, 6) is 0.0611. The first-order chi connectivity index (χ1) is 12.0. The fourth-order valence-electron chi connectivity index (χ4n) is 2.77. The highest BCUT2D eigenvalue weighted by molar-refractivity contribution is 5.91. The van der Waals surface area contributed by atoms with Crippen molar-refractivity contribution in [1.82, 2.24) is 0 Å². The molecule has 0 aromatic heterocycles. The molecule has 4 heteroatoms. The molecular weight excluding hydrogens is 310 g/mol. The minimum Gasteiger partial charge on any atom is -0.378 e. The largest absolute Gasteiger partial charge is 0.378 e. The van der Waals surface area contributed by atoms with E-state index >= 15 is 0 Å². The van der Waals surface area contributed by atoms with Gasteiger partial charge >= 0.3 is 0 Å². The van der Waals surface area contributed by atoms with Crippen molar-refractivity contribution in [2.24, 2.45) is 0 Å². The van der Waals surface area contributed by atoms with Crippen LogP contribution in [0.3, 0.4) is 0 Å². The van der Waals surface area contributed by atoms with Crippen LogP contribution in [0.25, 0.3) is 0 Å². The average molecular weight is 340 g/mol. The Morgan fingerprint density at radius 3 is 2.08 bits per heavy atom.